The number of hydrogen-bond acceptors (Lipinski definition) is 2. The minimum Gasteiger partial charge on any atom is -0.488 e. The molecule has 3 nitrogen and oxygen atoms in total. The molecule has 5 rings (SSSR count). The summed E-state index contributed by atoms with van der Waals surface area (Å²) >= 11 is 0. The molecule has 0 amide bonds. The first-order valence-electron chi connectivity index (χ1n) is 11.2. The summed E-state index contributed by atoms with van der Waals surface area (Å²) in [7, 11) is 0. The third-order valence-corrected chi connectivity index (χ3v) is 6.04. The average Bonchev–Trinajstić information content (AvgIpc) is 3.13. The van der Waals surface area contributed by atoms with Crippen LogP contribution in [0.25, 0.3) is 10.9 Å². The minimum atomic E-state index is -0.192. The molecule has 1 heterocycles. The Balaban J connectivity index is 1.50. The van der Waals surface area contributed by atoms with E-state index in [4.69, 9.17) is 4.74 Å². The zero-order valence-electron chi connectivity index (χ0n) is 18.5. The number of aromatic amines is 1. The third kappa shape index (κ3) is 4.05. The van der Waals surface area contributed by atoms with E-state index in [-0.39, 0.29) is 5.60 Å². The molecule has 3 heteroatoms. The second kappa shape index (κ2) is 7.81. The number of H-pyrrole nitrogens is 1. The maximum Gasteiger partial charge on any atom is 0.120 e. The molecule has 0 bridgehead atoms. The van der Waals surface area contributed by atoms with E-state index in [1.165, 1.54) is 27.7 Å². The van der Waals surface area contributed by atoms with E-state index in [2.05, 4.69) is 110 Å². The van der Waals surface area contributed by atoms with Crippen LogP contribution in [0.3, 0.4) is 0 Å². The van der Waals surface area contributed by atoms with Crippen LogP contribution in [0.15, 0.2) is 78.9 Å². The smallest absolute Gasteiger partial charge is 0.120 e. The van der Waals surface area contributed by atoms with Gasteiger partial charge in [0.05, 0.1) is 0 Å². The average molecular weight is 411 g/mol. The molecule has 2 N–H and O–H groups in total. The Morgan fingerprint density at radius 3 is 2.32 bits per heavy atom. The first-order chi connectivity index (χ1) is 15.0. The predicted octanol–water partition coefficient (Wildman–Crippen LogP) is 6.90. The lowest BCUT2D eigenvalue weighted by atomic mass is 9.77. The zero-order chi connectivity index (χ0) is 21.4. The van der Waals surface area contributed by atoms with Crippen molar-refractivity contribution in [1.82, 2.24) is 4.98 Å². The first kappa shape index (κ1) is 19.7. The molecule has 1 aromatic heterocycles. The van der Waals surface area contributed by atoms with Gasteiger partial charge < -0.3 is 15.0 Å². The second-order valence-electron chi connectivity index (χ2n) is 9.48. The molecule has 31 heavy (non-hydrogen) atoms. The van der Waals surface area contributed by atoms with Gasteiger partial charge in [-0.2, -0.15) is 0 Å². The topological polar surface area (TPSA) is 37.0 Å². The number of rotatable bonds is 4. The van der Waals surface area contributed by atoms with Gasteiger partial charge >= 0.3 is 0 Å². The molecule has 1 aliphatic carbocycles. The van der Waals surface area contributed by atoms with Crippen molar-refractivity contribution >= 4 is 16.6 Å². The fourth-order valence-corrected chi connectivity index (χ4v) is 4.84. The Morgan fingerprint density at radius 2 is 1.58 bits per heavy atom. The molecule has 3 aromatic carbocycles. The molecule has 0 saturated heterocycles. The van der Waals surface area contributed by atoms with Crippen LogP contribution in [-0.2, 0) is 6.42 Å². The molecule has 0 saturated carbocycles. The molecular weight excluding hydrogens is 380 g/mol. The van der Waals surface area contributed by atoms with Crippen LogP contribution in [0.4, 0.5) is 5.69 Å². The van der Waals surface area contributed by atoms with E-state index in [0.29, 0.717) is 12.0 Å². The van der Waals surface area contributed by atoms with Gasteiger partial charge in [-0.25, -0.2) is 0 Å². The molecule has 158 valence electrons. The van der Waals surface area contributed by atoms with Gasteiger partial charge in [-0.1, -0.05) is 48.5 Å². The van der Waals surface area contributed by atoms with E-state index in [0.717, 1.165) is 24.3 Å². The summed E-state index contributed by atoms with van der Waals surface area (Å²) in [6.07, 6.45) is 2.13. The lowest BCUT2D eigenvalue weighted by Crippen LogP contribution is -2.33. The van der Waals surface area contributed by atoms with Crippen LogP contribution >= 0.6 is 0 Å². The van der Waals surface area contributed by atoms with Crippen molar-refractivity contribution in [3.8, 4) is 5.75 Å². The summed E-state index contributed by atoms with van der Waals surface area (Å²) in [4.78, 5) is 3.69. The second-order valence-corrected chi connectivity index (χ2v) is 9.48. The highest BCUT2D eigenvalue weighted by Crippen LogP contribution is 2.42. The van der Waals surface area contributed by atoms with Crippen LogP contribution < -0.4 is 10.1 Å². The number of nitrogens with one attached hydrogen (secondary N) is 2. The van der Waals surface area contributed by atoms with Gasteiger partial charge in [-0.05, 0) is 75.1 Å². The summed E-state index contributed by atoms with van der Waals surface area (Å²) in [5.41, 5.74) is 6.36. The third-order valence-electron chi connectivity index (χ3n) is 6.04. The molecule has 0 radical (unpaired) electrons. The molecule has 2 unspecified atom stereocenters. The highest BCUT2D eigenvalue weighted by Gasteiger charge is 2.33. The molecular formula is C28H30N2O. The Kier molecular flexibility index (Phi) is 4.97. The van der Waals surface area contributed by atoms with Gasteiger partial charge in [0.15, 0.2) is 0 Å². The van der Waals surface area contributed by atoms with Crippen molar-refractivity contribution in [1.29, 1.82) is 0 Å². The highest BCUT2D eigenvalue weighted by molar-refractivity contribution is 5.86. The number of aromatic nitrogens is 1. The van der Waals surface area contributed by atoms with E-state index in [1.807, 2.05) is 0 Å². The molecule has 1 aliphatic rings. The maximum atomic E-state index is 5.99. The normalized spacial score (nSPS) is 18.5. The Morgan fingerprint density at radius 1 is 0.871 bits per heavy atom. The Labute approximate surface area is 184 Å². The fourth-order valence-electron chi connectivity index (χ4n) is 4.84. The highest BCUT2D eigenvalue weighted by atomic mass is 16.5. The predicted molar refractivity (Wildman–Crippen MR) is 129 cm³/mol. The number of fused-ring (bicyclic) bond motifs is 3. The summed E-state index contributed by atoms with van der Waals surface area (Å²) in [5, 5.41) is 5.19. The van der Waals surface area contributed by atoms with Crippen LogP contribution in [0.1, 0.15) is 49.9 Å². The maximum absolute atomic E-state index is 5.99. The van der Waals surface area contributed by atoms with E-state index in [1.54, 1.807) is 0 Å². The van der Waals surface area contributed by atoms with Gasteiger partial charge in [0.1, 0.15) is 11.4 Å². The molecule has 0 fully saturated rings. The van der Waals surface area contributed by atoms with Gasteiger partial charge in [-0.15, -0.1) is 0 Å². The largest absolute Gasteiger partial charge is 0.488 e. The van der Waals surface area contributed by atoms with Gasteiger partial charge in [0.25, 0.3) is 0 Å². The van der Waals surface area contributed by atoms with E-state index < -0.39 is 0 Å². The Bertz CT molecular complexity index is 1170. The quantitative estimate of drug-likeness (QED) is 0.384. The minimum absolute atomic E-state index is 0.192. The molecule has 2 atom stereocenters. The van der Waals surface area contributed by atoms with Crippen LogP contribution in [-0.4, -0.2) is 16.6 Å². The summed E-state index contributed by atoms with van der Waals surface area (Å²) in [6.45, 7) is 6.22. The van der Waals surface area contributed by atoms with E-state index in [9.17, 15) is 0 Å². The first-order valence-corrected chi connectivity index (χ1v) is 11.2. The molecule has 0 spiro atoms. The van der Waals surface area contributed by atoms with Gasteiger partial charge in [0, 0.05) is 34.2 Å². The molecule has 0 aliphatic heterocycles. The van der Waals surface area contributed by atoms with Gasteiger partial charge in [0.2, 0.25) is 0 Å². The summed E-state index contributed by atoms with van der Waals surface area (Å²) in [6, 6.07) is 28.3. The van der Waals surface area contributed by atoms with E-state index >= 15 is 0 Å². The van der Waals surface area contributed by atoms with Crippen LogP contribution in [0.2, 0.25) is 0 Å². The standard InChI is InChI=1S/C28H30N2O/c1-28(2,3)31-21-15-13-20(14-16-21)29-24-17-18-25-27(22-11-7-8-12-23(22)30-25)26(24)19-9-5-4-6-10-19/h4-16,24,26,29-30H,17-18H2,1-3H3. The summed E-state index contributed by atoms with van der Waals surface area (Å²) < 4.78 is 5.99. The van der Waals surface area contributed by atoms with Crippen molar-refractivity contribution in [2.24, 2.45) is 0 Å². The fraction of sp³-hybridized carbons (Fsp3) is 0.286. The monoisotopic (exact) mass is 410 g/mol. The van der Waals surface area contributed by atoms with Crippen molar-refractivity contribution in [2.45, 2.75) is 51.2 Å². The number of anilines is 1. The number of benzene rings is 3. The SMILES string of the molecule is CC(C)(C)Oc1ccc(NC2CCc3[nH]c4ccccc4c3C2c2ccccc2)cc1. The van der Waals surface area contributed by atoms with Crippen molar-refractivity contribution in [3.63, 3.8) is 0 Å². The van der Waals surface area contributed by atoms with Crippen LogP contribution in [0, 0.1) is 0 Å². The van der Waals surface area contributed by atoms with Crippen molar-refractivity contribution in [3.05, 3.63) is 95.7 Å². The lowest BCUT2D eigenvalue weighted by Gasteiger charge is -2.34. The number of ether oxygens (including phenoxy) is 1. The van der Waals surface area contributed by atoms with Crippen molar-refractivity contribution in [2.75, 3.05) is 5.32 Å². The number of para-hydroxylation sites is 1. The zero-order valence-corrected chi connectivity index (χ0v) is 18.5. The van der Waals surface area contributed by atoms with Crippen molar-refractivity contribution < 1.29 is 4.74 Å². The number of hydrogen-bond donors (Lipinski definition) is 2. The summed E-state index contributed by atoms with van der Waals surface area (Å²) in [5.74, 6) is 1.20. The van der Waals surface area contributed by atoms with Crippen LogP contribution in [0.5, 0.6) is 5.75 Å². The number of aryl methyl sites for hydroxylation is 1. The van der Waals surface area contributed by atoms with Gasteiger partial charge in [-0.3, -0.25) is 0 Å². The lowest BCUT2D eigenvalue weighted by molar-refractivity contribution is 0.131. The molecule has 4 aromatic rings. The Hall–Kier alpha value is -3.20.